The zero-order chi connectivity index (χ0) is 29.0. The van der Waals surface area contributed by atoms with Crippen molar-refractivity contribution in [2.75, 3.05) is 0 Å². The van der Waals surface area contributed by atoms with Crippen LogP contribution in [0.5, 0.6) is 0 Å². The normalized spacial score (nSPS) is 15.5. The molecule has 3 aromatic rings. The number of alkyl halides is 6. The molecule has 1 aliphatic carbocycles. The second-order valence-electron chi connectivity index (χ2n) is 8.72. The molecule has 0 atom stereocenters. The van der Waals surface area contributed by atoms with Crippen molar-refractivity contribution in [2.45, 2.75) is 60.9 Å². The zero-order valence-electron chi connectivity index (χ0n) is 21.3. The molecule has 0 spiro atoms. The molecule has 0 N–H and O–H groups in total. The molecule has 210 valence electrons. The minimum Gasteiger partial charge on any atom is -0.349 e. The lowest BCUT2D eigenvalue weighted by atomic mass is 9.88. The Balaban J connectivity index is 0.00000205. The maximum atomic E-state index is 14.2. The quantitative estimate of drug-likeness (QED) is 0.212. The van der Waals surface area contributed by atoms with E-state index in [0.29, 0.717) is 12.1 Å². The Morgan fingerprint density at radius 3 is 1.64 bits per heavy atom. The molecular weight excluding hydrogens is 542 g/mol. The second-order valence-corrected chi connectivity index (χ2v) is 11.0. The van der Waals surface area contributed by atoms with Crippen molar-refractivity contribution in [3.05, 3.63) is 114 Å². The van der Waals surface area contributed by atoms with Gasteiger partial charge in [0.1, 0.15) is 4.75 Å². The Labute approximate surface area is 224 Å². The minimum atomic E-state index is -5.86. The maximum Gasteiger partial charge on any atom is 0.430 e. The number of sulfone groups is 1. The van der Waals surface area contributed by atoms with Crippen LogP contribution in [-0.2, 0) is 31.5 Å². The largest absolute Gasteiger partial charge is 0.430 e. The molecule has 0 heterocycles. The van der Waals surface area contributed by atoms with Crippen LogP contribution in [0.4, 0.5) is 26.3 Å². The first-order valence-electron chi connectivity index (χ1n) is 12.2. The van der Waals surface area contributed by atoms with Gasteiger partial charge >= 0.3 is 12.4 Å². The van der Waals surface area contributed by atoms with Crippen molar-refractivity contribution in [2.24, 2.45) is 0 Å². The lowest BCUT2D eigenvalue weighted by Crippen LogP contribution is -2.55. The van der Waals surface area contributed by atoms with Crippen LogP contribution in [-0.4, -0.2) is 20.8 Å². The predicted molar refractivity (Wildman–Crippen MR) is 136 cm³/mol. The molecule has 0 saturated heterocycles. The monoisotopic (exact) mass is 570 g/mol. The van der Waals surface area contributed by atoms with E-state index >= 15 is 0 Å². The minimum absolute atomic E-state index is 0.00824. The zero-order valence-corrected chi connectivity index (χ0v) is 22.1. The summed E-state index contributed by atoms with van der Waals surface area (Å²) in [5.74, 6) is 0. The van der Waals surface area contributed by atoms with Gasteiger partial charge < -0.3 is 4.74 Å². The maximum absolute atomic E-state index is 14.2. The molecule has 0 aliphatic heterocycles. The lowest BCUT2D eigenvalue weighted by Gasteiger charge is -2.38. The average Bonchev–Trinajstić information content (AvgIpc) is 3.42. The fourth-order valence-corrected chi connectivity index (χ4v) is 6.62. The van der Waals surface area contributed by atoms with Gasteiger partial charge in [-0.25, -0.2) is 8.42 Å². The molecule has 10 heteroatoms. The van der Waals surface area contributed by atoms with Crippen molar-refractivity contribution >= 4 is 9.84 Å². The number of hydrogen-bond acceptors (Lipinski definition) is 3. The molecule has 1 aliphatic rings. The third-order valence-electron chi connectivity index (χ3n) is 6.54. The van der Waals surface area contributed by atoms with Gasteiger partial charge in [-0.3, -0.25) is 0 Å². The molecule has 4 rings (SSSR count). The van der Waals surface area contributed by atoms with E-state index < -0.39 is 44.7 Å². The van der Waals surface area contributed by atoms with Crippen LogP contribution in [0.25, 0.3) is 0 Å². The summed E-state index contributed by atoms with van der Waals surface area (Å²) in [6.45, 7) is 3.05. The van der Waals surface area contributed by atoms with E-state index in [0.717, 1.165) is 12.1 Å². The van der Waals surface area contributed by atoms with Crippen molar-refractivity contribution in [1.82, 2.24) is 0 Å². The Morgan fingerprint density at radius 2 is 1.18 bits per heavy atom. The summed E-state index contributed by atoms with van der Waals surface area (Å²) >= 11 is 0. The summed E-state index contributed by atoms with van der Waals surface area (Å²) in [5.41, 5.74) is -5.59. The van der Waals surface area contributed by atoms with Gasteiger partial charge in [0.2, 0.25) is 0 Å². The highest BCUT2D eigenvalue weighted by atomic mass is 32.2. The molecule has 39 heavy (non-hydrogen) atoms. The Hall–Kier alpha value is -3.11. The predicted octanol–water partition coefficient (Wildman–Crippen LogP) is 8.27. The molecule has 3 aromatic carbocycles. The van der Waals surface area contributed by atoms with E-state index in [4.69, 9.17) is 0 Å². The van der Waals surface area contributed by atoms with Crippen molar-refractivity contribution in [1.29, 1.82) is 0 Å². The van der Waals surface area contributed by atoms with Gasteiger partial charge in [0.05, 0.1) is 11.5 Å². The molecule has 0 aromatic heterocycles. The summed E-state index contributed by atoms with van der Waals surface area (Å²) in [6.07, 6.45) is -8.40. The van der Waals surface area contributed by atoms with E-state index in [1.165, 1.54) is 48.5 Å². The van der Waals surface area contributed by atoms with Crippen LogP contribution in [0.1, 0.15) is 43.4 Å². The first-order chi connectivity index (χ1) is 18.4. The number of halogens is 6. The molecule has 3 nitrogen and oxygen atoms in total. The second kappa shape index (κ2) is 11.6. The van der Waals surface area contributed by atoms with Gasteiger partial charge in [0.25, 0.3) is 5.60 Å². The number of rotatable bonds is 7. The number of allylic oxidation sites excluding steroid dienone is 2. The fourth-order valence-electron chi connectivity index (χ4n) is 4.58. The molecule has 0 fully saturated rings. The molecule has 0 unspecified atom stereocenters. The summed E-state index contributed by atoms with van der Waals surface area (Å²) in [5, 5.41) is 0. The topological polar surface area (TPSA) is 43.4 Å². The molecule has 0 amide bonds. The van der Waals surface area contributed by atoms with Crippen LogP contribution in [0, 0.1) is 0 Å². The Kier molecular flexibility index (Phi) is 9.02. The van der Waals surface area contributed by atoms with Gasteiger partial charge in [-0.05, 0) is 36.1 Å². The summed E-state index contributed by atoms with van der Waals surface area (Å²) < 4.78 is 115. The van der Waals surface area contributed by atoms with Crippen molar-refractivity contribution < 1.29 is 39.5 Å². The number of benzene rings is 3. The highest BCUT2D eigenvalue weighted by Gasteiger charge is 2.73. The van der Waals surface area contributed by atoms with Crippen LogP contribution >= 0.6 is 0 Å². The van der Waals surface area contributed by atoms with E-state index in [-0.39, 0.29) is 28.9 Å². The molecule has 0 bridgehead atoms. The van der Waals surface area contributed by atoms with Crippen LogP contribution < -0.4 is 0 Å². The fraction of sp³-hybridized carbons (Fsp3) is 0.310. The number of ether oxygens (including phenoxy) is 1. The SMILES string of the molecule is CC.O=S(=O)(c1ccccc1)C1(c2ccc(C(OCc3ccccc3)(C(F)(F)F)C(F)(F)F)cc2)CC=CC1. The third-order valence-corrected chi connectivity index (χ3v) is 9.03. The van der Waals surface area contributed by atoms with Crippen molar-refractivity contribution in [3.63, 3.8) is 0 Å². The molecular formula is C29H28F6O3S. The standard InChI is InChI=1S/C27H22F6O3S.C2H6/c28-26(29,30)25(27(31,32)33,36-19-20-9-3-1-4-10-20)22-15-13-21(14-16-22)24(17-7-8-18-24)37(34,35)23-11-5-2-6-12-23;1-2/h1-16H,17-19H2;1-2H3. The van der Waals surface area contributed by atoms with Gasteiger partial charge in [0.15, 0.2) is 9.84 Å². The highest BCUT2D eigenvalue weighted by molar-refractivity contribution is 7.92. The first-order valence-corrected chi connectivity index (χ1v) is 13.7. The van der Waals surface area contributed by atoms with Gasteiger partial charge in [-0.2, -0.15) is 26.3 Å². The van der Waals surface area contributed by atoms with Gasteiger partial charge in [0, 0.05) is 5.56 Å². The first kappa shape index (κ1) is 30.4. The smallest absolute Gasteiger partial charge is 0.349 e. The summed E-state index contributed by atoms with van der Waals surface area (Å²) in [7, 11) is -4.04. The Bertz CT molecular complexity index is 1330. The van der Waals surface area contributed by atoms with E-state index in [2.05, 4.69) is 4.74 Å². The van der Waals surface area contributed by atoms with E-state index in [9.17, 15) is 34.8 Å². The van der Waals surface area contributed by atoms with Gasteiger partial charge in [-0.1, -0.05) is 98.8 Å². The Morgan fingerprint density at radius 1 is 0.718 bits per heavy atom. The highest BCUT2D eigenvalue weighted by Crippen LogP contribution is 2.54. The van der Waals surface area contributed by atoms with Gasteiger partial charge in [-0.15, -0.1) is 0 Å². The summed E-state index contributed by atoms with van der Waals surface area (Å²) in [4.78, 5) is 0.00824. The molecule has 0 saturated carbocycles. The van der Waals surface area contributed by atoms with E-state index in [1.807, 2.05) is 13.8 Å². The number of hydrogen-bond donors (Lipinski definition) is 0. The van der Waals surface area contributed by atoms with E-state index in [1.54, 1.807) is 24.3 Å². The van der Waals surface area contributed by atoms with Crippen LogP contribution in [0.3, 0.4) is 0 Å². The average molecular weight is 571 g/mol. The van der Waals surface area contributed by atoms with Crippen molar-refractivity contribution in [3.8, 4) is 0 Å². The third kappa shape index (κ3) is 5.49. The van der Waals surface area contributed by atoms with Crippen LogP contribution in [0.2, 0.25) is 0 Å². The molecule has 0 radical (unpaired) electrons. The lowest BCUT2D eigenvalue weighted by molar-refractivity contribution is -0.392. The van der Waals surface area contributed by atoms with Crippen LogP contribution in [0.15, 0.2) is 102 Å². The summed E-state index contributed by atoms with van der Waals surface area (Å²) in [6, 6.07) is 18.1.